The van der Waals surface area contributed by atoms with Gasteiger partial charge in [0.1, 0.15) is 5.82 Å². The quantitative estimate of drug-likeness (QED) is 0.893. The predicted octanol–water partition coefficient (Wildman–Crippen LogP) is 2.59. The topological polar surface area (TPSA) is 61.4 Å². The summed E-state index contributed by atoms with van der Waals surface area (Å²) < 4.78 is 13.2. The second kappa shape index (κ2) is 7.64. The maximum absolute atomic E-state index is 13.2. The number of halogens is 1. The van der Waals surface area contributed by atoms with Crippen LogP contribution in [-0.2, 0) is 4.79 Å². The summed E-state index contributed by atoms with van der Waals surface area (Å²) in [5.74, 6) is 0.0923. The summed E-state index contributed by atoms with van der Waals surface area (Å²) in [6.45, 7) is 1.42. The van der Waals surface area contributed by atoms with Crippen LogP contribution in [0, 0.1) is 11.7 Å². The van der Waals surface area contributed by atoms with Gasteiger partial charge in [-0.1, -0.05) is 25.0 Å². The largest absolute Gasteiger partial charge is 0.354 e. The highest BCUT2D eigenvalue weighted by atomic mass is 19.1. The van der Waals surface area contributed by atoms with E-state index in [0.717, 1.165) is 18.4 Å². The van der Waals surface area contributed by atoms with Gasteiger partial charge >= 0.3 is 6.03 Å². The Hall–Kier alpha value is -2.11. The molecule has 5 nitrogen and oxygen atoms in total. The minimum absolute atomic E-state index is 0.0174. The molecule has 3 rings (SSSR count). The maximum Gasteiger partial charge on any atom is 0.317 e. The molecule has 1 aliphatic heterocycles. The molecule has 0 aromatic heterocycles. The summed E-state index contributed by atoms with van der Waals surface area (Å²) in [7, 11) is 0. The predicted molar refractivity (Wildman–Crippen MR) is 88.8 cm³/mol. The number of nitrogens with one attached hydrogen (secondary N) is 2. The number of hydrogen-bond donors (Lipinski definition) is 2. The Balaban J connectivity index is 1.72. The van der Waals surface area contributed by atoms with Crippen molar-refractivity contribution < 1.29 is 14.0 Å². The van der Waals surface area contributed by atoms with E-state index in [-0.39, 0.29) is 23.8 Å². The third-order valence-electron chi connectivity index (χ3n) is 4.98. The van der Waals surface area contributed by atoms with Crippen LogP contribution in [0.25, 0.3) is 0 Å². The molecule has 2 fully saturated rings. The minimum Gasteiger partial charge on any atom is -0.354 e. The molecule has 0 spiro atoms. The molecule has 1 unspecified atom stereocenters. The SMILES string of the molecule is O=C1CCN(C(=O)NC(c2ccc(F)cc2)C2CCCC2)CCN1. The monoisotopic (exact) mass is 333 g/mol. The van der Waals surface area contributed by atoms with Gasteiger partial charge in [-0.05, 0) is 36.5 Å². The van der Waals surface area contributed by atoms with Crippen molar-refractivity contribution in [3.63, 3.8) is 0 Å². The summed E-state index contributed by atoms with van der Waals surface area (Å²) in [5, 5.41) is 5.91. The van der Waals surface area contributed by atoms with E-state index in [1.54, 1.807) is 17.0 Å². The van der Waals surface area contributed by atoms with Crippen LogP contribution in [0.1, 0.15) is 43.7 Å². The molecule has 1 atom stereocenters. The zero-order valence-electron chi connectivity index (χ0n) is 13.8. The highest BCUT2D eigenvalue weighted by Gasteiger charge is 2.29. The average Bonchev–Trinajstić information content (AvgIpc) is 3.02. The lowest BCUT2D eigenvalue weighted by atomic mass is 9.91. The fraction of sp³-hybridized carbons (Fsp3) is 0.556. The van der Waals surface area contributed by atoms with Gasteiger partial charge in [0, 0.05) is 26.1 Å². The highest BCUT2D eigenvalue weighted by molar-refractivity contribution is 5.79. The van der Waals surface area contributed by atoms with E-state index in [4.69, 9.17) is 0 Å². The number of benzene rings is 1. The second-order valence-corrected chi connectivity index (χ2v) is 6.61. The molecule has 0 radical (unpaired) electrons. The fourth-order valence-electron chi connectivity index (χ4n) is 3.63. The molecule has 24 heavy (non-hydrogen) atoms. The molecule has 2 N–H and O–H groups in total. The van der Waals surface area contributed by atoms with E-state index >= 15 is 0 Å². The number of carbonyl (C=O) groups excluding carboxylic acids is 2. The molecular formula is C18H24FN3O2. The van der Waals surface area contributed by atoms with Crippen molar-refractivity contribution in [2.75, 3.05) is 19.6 Å². The summed E-state index contributed by atoms with van der Waals surface area (Å²) in [6, 6.07) is 6.15. The number of rotatable bonds is 3. The molecule has 1 aromatic carbocycles. The van der Waals surface area contributed by atoms with Crippen molar-refractivity contribution in [1.82, 2.24) is 15.5 Å². The first kappa shape index (κ1) is 16.7. The van der Waals surface area contributed by atoms with Crippen molar-refractivity contribution >= 4 is 11.9 Å². The molecule has 0 bridgehead atoms. The van der Waals surface area contributed by atoms with Gasteiger partial charge in [0.15, 0.2) is 0 Å². The van der Waals surface area contributed by atoms with Crippen LogP contribution in [0.2, 0.25) is 0 Å². The van der Waals surface area contributed by atoms with Gasteiger partial charge in [0.05, 0.1) is 6.04 Å². The van der Waals surface area contributed by atoms with E-state index in [1.807, 2.05) is 0 Å². The van der Waals surface area contributed by atoms with Gasteiger partial charge < -0.3 is 15.5 Å². The fourth-order valence-corrected chi connectivity index (χ4v) is 3.63. The highest BCUT2D eigenvalue weighted by Crippen LogP contribution is 2.35. The Morgan fingerprint density at radius 3 is 2.62 bits per heavy atom. The van der Waals surface area contributed by atoms with E-state index in [2.05, 4.69) is 10.6 Å². The van der Waals surface area contributed by atoms with Gasteiger partial charge in [-0.15, -0.1) is 0 Å². The summed E-state index contributed by atoms with van der Waals surface area (Å²) in [4.78, 5) is 25.8. The first-order valence-corrected chi connectivity index (χ1v) is 8.71. The van der Waals surface area contributed by atoms with Gasteiger partial charge in [0.2, 0.25) is 5.91 Å². The molecule has 1 aliphatic carbocycles. The molecule has 130 valence electrons. The Morgan fingerprint density at radius 1 is 1.21 bits per heavy atom. The first-order chi connectivity index (χ1) is 11.6. The summed E-state index contributed by atoms with van der Waals surface area (Å²) in [5.41, 5.74) is 0.945. The molecule has 1 saturated carbocycles. The normalized spacial score (nSPS) is 20.4. The van der Waals surface area contributed by atoms with Crippen molar-refractivity contribution in [2.45, 2.75) is 38.1 Å². The molecule has 6 heteroatoms. The van der Waals surface area contributed by atoms with Gasteiger partial charge in [-0.2, -0.15) is 0 Å². The van der Waals surface area contributed by atoms with Crippen LogP contribution in [0.15, 0.2) is 24.3 Å². The number of carbonyl (C=O) groups is 2. The number of nitrogens with zero attached hydrogens (tertiary/aromatic N) is 1. The molecular weight excluding hydrogens is 309 g/mol. The Labute approximate surface area is 141 Å². The molecule has 3 amide bonds. The lowest BCUT2D eigenvalue weighted by Crippen LogP contribution is -2.44. The standard InChI is InChI=1S/C18H24FN3O2/c19-15-7-5-14(6-8-15)17(13-3-1-2-4-13)21-18(24)22-11-9-16(23)20-10-12-22/h5-8,13,17H,1-4,9-12H2,(H,20,23)(H,21,24). The van der Waals surface area contributed by atoms with Crippen LogP contribution in [0.4, 0.5) is 9.18 Å². The van der Waals surface area contributed by atoms with E-state index in [0.29, 0.717) is 32.0 Å². The van der Waals surface area contributed by atoms with Crippen molar-refractivity contribution in [1.29, 1.82) is 0 Å². The lowest BCUT2D eigenvalue weighted by molar-refractivity contribution is -0.120. The van der Waals surface area contributed by atoms with Crippen LogP contribution in [0.5, 0.6) is 0 Å². The van der Waals surface area contributed by atoms with E-state index in [1.165, 1.54) is 25.0 Å². The van der Waals surface area contributed by atoms with Crippen LogP contribution in [0.3, 0.4) is 0 Å². The molecule has 1 aromatic rings. The smallest absolute Gasteiger partial charge is 0.317 e. The summed E-state index contributed by atoms with van der Waals surface area (Å²) >= 11 is 0. The lowest BCUT2D eigenvalue weighted by Gasteiger charge is -2.29. The minimum atomic E-state index is -0.271. The third kappa shape index (κ3) is 4.04. The van der Waals surface area contributed by atoms with Gasteiger partial charge in [0.25, 0.3) is 0 Å². The van der Waals surface area contributed by atoms with Crippen LogP contribution in [-0.4, -0.2) is 36.5 Å². The Kier molecular flexibility index (Phi) is 5.33. The van der Waals surface area contributed by atoms with Crippen molar-refractivity contribution in [3.05, 3.63) is 35.6 Å². The van der Waals surface area contributed by atoms with Gasteiger partial charge in [-0.25, -0.2) is 9.18 Å². The number of urea groups is 1. The Morgan fingerprint density at radius 2 is 1.92 bits per heavy atom. The second-order valence-electron chi connectivity index (χ2n) is 6.61. The maximum atomic E-state index is 13.2. The summed E-state index contributed by atoms with van der Waals surface area (Å²) in [6.07, 6.45) is 4.81. The van der Waals surface area contributed by atoms with Crippen LogP contribution < -0.4 is 10.6 Å². The molecule has 1 heterocycles. The van der Waals surface area contributed by atoms with Crippen LogP contribution >= 0.6 is 0 Å². The zero-order chi connectivity index (χ0) is 16.9. The van der Waals surface area contributed by atoms with Crippen molar-refractivity contribution in [3.8, 4) is 0 Å². The van der Waals surface area contributed by atoms with E-state index in [9.17, 15) is 14.0 Å². The number of amides is 3. The first-order valence-electron chi connectivity index (χ1n) is 8.71. The molecule has 2 aliphatic rings. The van der Waals surface area contributed by atoms with Gasteiger partial charge in [-0.3, -0.25) is 4.79 Å². The van der Waals surface area contributed by atoms with E-state index < -0.39 is 0 Å². The number of hydrogen-bond acceptors (Lipinski definition) is 2. The zero-order valence-corrected chi connectivity index (χ0v) is 13.8. The third-order valence-corrected chi connectivity index (χ3v) is 4.98. The Bertz CT molecular complexity index is 584. The molecule has 1 saturated heterocycles. The van der Waals surface area contributed by atoms with Crippen molar-refractivity contribution in [2.24, 2.45) is 5.92 Å². The average molecular weight is 333 g/mol.